The fourth-order valence-corrected chi connectivity index (χ4v) is 3.17. The molecular formula is C16H25ClN2O2. The number of methoxy groups -OCH3 is 1. The molecule has 0 aromatic heterocycles. The van der Waals surface area contributed by atoms with Gasteiger partial charge in [-0.15, -0.1) is 0 Å². The Balaban J connectivity index is 2.14. The van der Waals surface area contributed by atoms with Gasteiger partial charge in [-0.2, -0.15) is 0 Å². The van der Waals surface area contributed by atoms with Crippen LogP contribution in [0.25, 0.3) is 0 Å². The molecule has 1 heterocycles. The number of benzene rings is 1. The Morgan fingerprint density at radius 3 is 2.76 bits per heavy atom. The highest BCUT2D eigenvalue weighted by atomic mass is 35.5. The molecule has 0 bridgehead atoms. The number of hydrogen-bond acceptors (Lipinski definition) is 4. The Kier molecular flexibility index (Phi) is 5.36. The summed E-state index contributed by atoms with van der Waals surface area (Å²) < 4.78 is 10.9. The van der Waals surface area contributed by atoms with Crippen LogP contribution in [-0.2, 0) is 6.54 Å². The second-order valence-corrected chi connectivity index (χ2v) is 6.42. The van der Waals surface area contributed by atoms with Gasteiger partial charge in [-0.3, -0.25) is 4.90 Å². The van der Waals surface area contributed by atoms with E-state index in [2.05, 4.69) is 11.8 Å². The molecule has 1 atom stereocenters. The first-order valence-corrected chi connectivity index (χ1v) is 7.81. The number of nitrogens with zero attached hydrogens (tertiary/aromatic N) is 1. The number of likely N-dealkylation sites (tertiary alicyclic amines) is 1. The Bertz CT molecular complexity index is 495. The van der Waals surface area contributed by atoms with E-state index in [4.69, 9.17) is 26.8 Å². The highest BCUT2D eigenvalue weighted by Crippen LogP contribution is 2.37. The van der Waals surface area contributed by atoms with E-state index in [-0.39, 0.29) is 5.41 Å². The number of rotatable bonds is 6. The van der Waals surface area contributed by atoms with Crippen LogP contribution < -0.4 is 15.2 Å². The van der Waals surface area contributed by atoms with Crippen LogP contribution in [0.2, 0.25) is 5.02 Å². The number of hydrogen-bond donors (Lipinski definition) is 1. The van der Waals surface area contributed by atoms with Gasteiger partial charge in [-0.25, -0.2) is 0 Å². The molecule has 0 amide bonds. The molecule has 5 heteroatoms. The SMILES string of the molecule is CCOc1cc(CN2CCC(C)(CN)C2)cc(Cl)c1OC. The van der Waals surface area contributed by atoms with E-state index in [1.54, 1.807) is 7.11 Å². The zero-order valence-corrected chi connectivity index (χ0v) is 13.9. The average Bonchev–Trinajstić information content (AvgIpc) is 2.81. The minimum atomic E-state index is 0.235. The fraction of sp³-hybridized carbons (Fsp3) is 0.625. The van der Waals surface area contributed by atoms with Gasteiger partial charge in [-0.1, -0.05) is 18.5 Å². The smallest absolute Gasteiger partial charge is 0.179 e. The van der Waals surface area contributed by atoms with E-state index in [0.29, 0.717) is 23.1 Å². The maximum absolute atomic E-state index is 6.30. The van der Waals surface area contributed by atoms with Gasteiger partial charge in [-0.05, 0) is 49.5 Å². The number of ether oxygens (including phenoxy) is 2. The monoisotopic (exact) mass is 312 g/mol. The van der Waals surface area contributed by atoms with Gasteiger partial charge in [0.25, 0.3) is 0 Å². The summed E-state index contributed by atoms with van der Waals surface area (Å²) in [4.78, 5) is 2.42. The maximum Gasteiger partial charge on any atom is 0.179 e. The van der Waals surface area contributed by atoms with Crippen molar-refractivity contribution in [3.63, 3.8) is 0 Å². The summed E-state index contributed by atoms with van der Waals surface area (Å²) in [5.41, 5.74) is 7.24. The molecule has 1 saturated heterocycles. The standard InChI is InChI=1S/C16H25ClN2O2/c1-4-21-14-8-12(7-13(17)15(14)20-3)9-19-6-5-16(2,10-18)11-19/h7-8H,4-6,9-11,18H2,1-3H3. The first-order chi connectivity index (χ1) is 10.0. The Labute approximate surface area is 132 Å². The molecule has 118 valence electrons. The van der Waals surface area contributed by atoms with E-state index in [1.165, 1.54) is 0 Å². The van der Waals surface area contributed by atoms with Crippen molar-refractivity contribution < 1.29 is 9.47 Å². The van der Waals surface area contributed by atoms with Crippen molar-refractivity contribution >= 4 is 11.6 Å². The summed E-state index contributed by atoms with van der Waals surface area (Å²) in [6.45, 7) is 8.48. The van der Waals surface area contributed by atoms with Crippen molar-refractivity contribution in [2.45, 2.75) is 26.8 Å². The molecule has 21 heavy (non-hydrogen) atoms. The van der Waals surface area contributed by atoms with Gasteiger partial charge in [0.15, 0.2) is 11.5 Å². The van der Waals surface area contributed by atoms with Crippen molar-refractivity contribution in [3.05, 3.63) is 22.7 Å². The first-order valence-electron chi connectivity index (χ1n) is 7.43. The van der Waals surface area contributed by atoms with Crippen molar-refractivity contribution in [2.75, 3.05) is 33.4 Å². The van der Waals surface area contributed by atoms with Gasteiger partial charge >= 0.3 is 0 Å². The fourth-order valence-electron chi connectivity index (χ4n) is 2.86. The largest absolute Gasteiger partial charge is 0.491 e. The average molecular weight is 313 g/mol. The predicted octanol–water partition coefficient (Wildman–Crippen LogP) is 2.92. The molecule has 2 N–H and O–H groups in total. The quantitative estimate of drug-likeness (QED) is 0.877. The highest BCUT2D eigenvalue weighted by Gasteiger charge is 2.32. The Morgan fingerprint density at radius 2 is 2.19 bits per heavy atom. The highest BCUT2D eigenvalue weighted by molar-refractivity contribution is 6.32. The second kappa shape index (κ2) is 6.86. The third-order valence-electron chi connectivity index (χ3n) is 4.11. The van der Waals surface area contributed by atoms with E-state index in [0.717, 1.165) is 38.2 Å². The molecule has 1 unspecified atom stereocenters. The molecule has 1 aromatic rings. The van der Waals surface area contributed by atoms with Crippen molar-refractivity contribution in [1.29, 1.82) is 0 Å². The normalized spacial score (nSPS) is 22.5. The van der Waals surface area contributed by atoms with Crippen LogP contribution in [0.5, 0.6) is 11.5 Å². The zero-order chi connectivity index (χ0) is 15.5. The summed E-state index contributed by atoms with van der Waals surface area (Å²) in [7, 11) is 1.61. The summed E-state index contributed by atoms with van der Waals surface area (Å²) in [6, 6.07) is 3.98. The maximum atomic E-state index is 6.30. The zero-order valence-electron chi connectivity index (χ0n) is 13.1. The van der Waals surface area contributed by atoms with Crippen LogP contribution in [0.15, 0.2) is 12.1 Å². The van der Waals surface area contributed by atoms with Crippen molar-refractivity contribution in [1.82, 2.24) is 4.90 Å². The topological polar surface area (TPSA) is 47.7 Å². The summed E-state index contributed by atoms with van der Waals surface area (Å²) >= 11 is 6.30. The molecule has 1 fully saturated rings. The van der Waals surface area contributed by atoms with Crippen molar-refractivity contribution in [2.24, 2.45) is 11.1 Å². The predicted molar refractivity (Wildman–Crippen MR) is 86.2 cm³/mol. The van der Waals surface area contributed by atoms with Gasteiger partial charge < -0.3 is 15.2 Å². The lowest BCUT2D eigenvalue weighted by Gasteiger charge is -2.23. The van der Waals surface area contributed by atoms with Crippen molar-refractivity contribution in [3.8, 4) is 11.5 Å². The minimum absolute atomic E-state index is 0.235. The summed E-state index contributed by atoms with van der Waals surface area (Å²) in [6.07, 6.45) is 1.14. The third kappa shape index (κ3) is 3.82. The van der Waals surface area contributed by atoms with Crippen LogP contribution in [0.1, 0.15) is 25.8 Å². The van der Waals surface area contributed by atoms with Gasteiger partial charge in [0.05, 0.1) is 18.7 Å². The Hall–Kier alpha value is -0.970. The Morgan fingerprint density at radius 1 is 1.43 bits per heavy atom. The van der Waals surface area contributed by atoms with E-state index in [9.17, 15) is 0 Å². The molecule has 1 aliphatic rings. The molecule has 0 spiro atoms. The molecular weight excluding hydrogens is 288 g/mol. The van der Waals surface area contributed by atoms with Crippen LogP contribution in [-0.4, -0.2) is 38.3 Å². The lowest BCUT2D eigenvalue weighted by Crippen LogP contribution is -2.31. The van der Waals surface area contributed by atoms with Gasteiger partial charge in [0, 0.05) is 13.1 Å². The third-order valence-corrected chi connectivity index (χ3v) is 4.39. The van der Waals surface area contributed by atoms with Crippen LogP contribution in [0.4, 0.5) is 0 Å². The lowest BCUT2D eigenvalue weighted by molar-refractivity contribution is 0.273. The first kappa shape index (κ1) is 16.4. The number of halogens is 1. The van der Waals surface area contributed by atoms with Gasteiger partial charge in [0.1, 0.15) is 0 Å². The molecule has 4 nitrogen and oxygen atoms in total. The second-order valence-electron chi connectivity index (χ2n) is 6.02. The van der Waals surface area contributed by atoms with E-state index >= 15 is 0 Å². The van der Waals surface area contributed by atoms with Crippen LogP contribution >= 0.6 is 11.6 Å². The summed E-state index contributed by atoms with van der Waals surface area (Å²) in [5, 5.41) is 0.597. The van der Waals surface area contributed by atoms with Crippen LogP contribution in [0.3, 0.4) is 0 Å². The minimum Gasteiger partial charge on any atom is -0.491 e. The van der Waals surface area contributed by atoms with Crippen LogP contribution in [0, 0.1) is 5.41 Å². The molecule has 0 aliphatic carbocycles. The number of nitrogens with two attached hydrogens (primary N) is 1. The van der Waals surface area contributed by atoms with E-state index in [1.807, 2.05) is 19.1 Å². The lowest BCUT2D eigenvalue weighted by atomic mass is 9.90. The molecule has 1 aromatic carbocycles. The molecule has 0 radical (unpaired) electrons. The van der Waals surface area contributed by atoms with Gasteiger partial charge in [0.2, 0.25) is 0 Å². The molecule has 0 saturated carbocycles. The van der Waals surface area contributed by atoms with E-state index < -0.39 is 0 Å². The summed E-state index contributed by atoms with van der Waals surface area (Å²) in [5.74, 6) is 1.32. The molecule has 1 aliphatic heterocycles. The molecule has 2 rings (SSSR count).